The van der Waals surface area contributed by atoms with Gasteiger partial charge in [0.2, 0.25) is 0 Å². The Morgan fingerprint density at radius 2 is 1.50 bits per heavy atom. The van der Waals surface area contributed by atoms with Gasteiger partial charge in [0.1, 0.15) is 5.75 Å². The van der Waals surface area contributed by atoms with E-state index in [1.165, 1.54) is 13.8 Å². The zero-order valence-corrected chi connectivity index (χ0v) is 9.49. The van der Waals surface area contributed by atoms with Crippen LogP contribution in [0.3, 0.4) is 0 Å². The number of alkyl halides is 6. The number of halogens is 6. The van der Waals surface area contributed by atoms with E-state index in [9.17, 15) is 26.3 Å². The van der Waals surface area contributed by atoms with Crippen molar-refractivity contribution in [2.75, 3.05) is 0 Å². The van der Waals surface area contributed by atoms with Crippen molar-refractivity contribution in [3.05, 3.63) is 29.3 Å². The summed E-state index contributed by atoms with van der Waals surface area (Å²) < 4.78 is 79.7. The first-order valence-corrected chi connectivity index (χ1v) is 4.97. The fraction of sp³-hybridized carbons (Fsp3) is 0.455. The van der Waals surface area contributed by atoms with Crippen LogP contribution in [0.15, 0.2) is 18.2 Å². The van der Waals surface area contributed by atoms with E-state index in [1.54, 1.807) is 0 Å². The summed E-state index contributed by atoms with van der Waals surface area (Å²) in [5, 5.41) is 0. The normalized spacial score (nSPS) is 12.9. The first-order valence-electron chi connectivity index (χ1n) is 4.97. The van der Waals surface area contributed by atoms with Gasteiger partial charge in [0.25, 0.3) is 0 Å². The lowest BCUT2D eigenvalue weighted by molar-refractivity contribution is -0.144. The average molecular weight is 272 g/mol. The molecule has 0 fully saturated rings. The molecule has 0 aromatic heterocycles. The predicted molar refractivity (Wildman–Crippen MR) is 52.2 cm³/mol. The maximum atomic E-state index is 12.6. The van der Waals surface area contributed by atoms with Crippen molar-refractivity contribution in [3.63, 3.8) is 0 Å². The Balaban J connectivity index is 3.30. The van der Waals surface area contributed by atoms with Gasteiger partial charge in [-0.25, -0.2) is 0 Å². The van der Waals surface area contributed by atoms with Crippen molar-refractivity contribution in [2.24, 2.45) is 0 Å². The summed E-state index contributed by atoms with van der Waals surface area (Å²) in [6.45, 7) is 2.97. The number of hydrogen-bond donors (Lipinski definition) is 0. The van der Waals surface area contributed by atoms with Crippen LogP contribution in [0.1, 0.15) is 25.0 Å². The van der Waals surface area contributed by atoms with E-state index >= 15 is 0 Å². The van der Waals surface area contributed by atoms with E-state index in [-0.39, 0.29) is 6.07 Å². The molecule has 0 amide bonds. The van der Waals surface area contributed by atoms with Crippen molar-refractivity contribution < 1.29 is 31.1 Å². The second-order valence-corrected chi connectivity index (χ2v) is 3.87. The summed E-state index contributed by atoms with van der Waals surface area (Å²) in [6, 6.07) is 1.30. The molecular weight excluding hydrogens is 262 g/mol. The molecule has 0 radical (unpaired) electrons. The lowest BCUT2D eigenvalue weighted by atomic mass is 10.1. The van der Waals surface area contributed by atoms with Gasteiger partial charge in [-0.15, -0.1) is 0 Å². The smallest absolute Gasteiger partial charge is 0.419 e. The second-order valence-electron chi connectivity index (χ2n) is 3.87. The molecule has 0 saturated heterocycles. The largest absolute Gasteiger partial charge is 0.490 e. The Hall–Kier alpha value is -1.40. The fourth-order valence-corrected chi connectivity index (χ4v) is 1.28. The zero-order valence-electron chi connectivity index (χ0n) is 9.49. The van der Waals surface area contributed by atoms with E-state index in [4.69, 9.17) is 4.74 Å². The molecule has 1 aromatic carbocycles. The van der Waals surface area contributed by atoms with Crippen LogP contribution in [0.4, 0.5) is 26.3 Å². The molecule has 102 valence electrons. The van der Waals surface area contributed by atoms with Crippen LogP contribution < -0.4 is 4.74 Å². The number of rotatable bonds is 2. The Bertz CT molecular complexity index is 419. The van der Waals surface area contributed by atoms with Crippen LogP contribution >= 0.6 is 0 Å². The van der Waals surface area contributed by atoms with Gasteiger partial charge in [-0.2, -0.15) is 26.3 Å². The fourth-order valence-electron chi connectivity index (χ4n) is 1.28. The highest BCUT2D eigenvalue weighted by Gasteiger charge is 2.39. The Morgan fingerprint density at radius 1 is 0.944 bits per heavy atom. The molecule has 0 heterocycles. The standard InChI is InChI=1S/C11H10F6O/c1-6(2)18-9-4-3-7(10(12,13)14)5-8(9)11(15,16)17/h3-6H,1-2H3. The summed E-state index contributed by atoms with van der Waals surface area (Å²) in [5.74, 6) is -0.606. The lowest BCUT2D eigenvalue weighted by Gasteiger charge is -2.18. The Morgan fingerprint density at radius 3 is 1.89 bits per heavy atom. The summed E-state index contributed by atoms with van der Waals surface area (Å²) in [7, 11) is 0. The second kappa shape index (κ2) is 4.70. The average Bonchev–Trinajstić information content (AvgIpc) is 2.13. The highest BCUT2D eigenvalue weighted by atomic mass is 19.4. The van der Waals surface area contributed by atoms with Gasteiger partial charge >= 0.3 is 12.4 Å². The Labute approximate surface area is 99.4 Å². The molecule has 0 atom stereocenters. The van der Waals surface area contributed by atoms with Crippen LogP contribution in [0.2, 0.25) is 0 Å². The number of benzene rings is 1. The Kier molecular flexibility index (Phi) is 3.83. The number of hydrogen-bond acceptors (Lipinski definition) is 1. The lowest BCUT2D eigenvalue weighted by Crippen LogP contribution is -2.15. The monoisotopic (exact) mass is 272 g/mol. The molecule has 0 N–H and O–H groups in total. The minimum absolute atomic E-state index is 0.0533. The van der Waals surface area contributed by atoms with Crippen LogP contribution in [-0.4, -0.2) is 6.10 Å². The van der Waals surface area contributed by atoms with Gasteiger partial charge in [-0.1, -0.05) is 0 Å². The van der Waals surface area contributed by atoms with E-state index in [0.717, 1.165) is 0 Å². The molecule has 0 aliphatic rings. The molecule has 7 heteroatoms. The molecular formula is C11H10F6O. The zero-order chi connectivity index (χ0) is 14.1. The summed E-state index contributed by atoms with van der Waals surface area (Å²) in [4.78, 5) is 0. The number of ether oxygens (including phenoxy) is 1. The van der Waals surface area contributed by atoms with Gasteiger partial charge in [-0.3, -0.25) is 0 Å². The van der Waals surface area contributed by atoms with E-state index in [2.05, 4.69) is 0 Å². The summed E-state index contributed by atoms with van der Waals surface area (Å²) >= 11 is 0. The van der Waals surface area contributed by atoms with E-state index in [1.807, 2.05) is 0 Å². The molecule has 1 nitrogen and oxygen atoms in total. The highest BCUT2D eigenvalue weighted by molar-refractivity contribution is 5.40. The van der Waals surface area contributed by atoms with E-state index in [0.29, 0.717) is 12.1 Å². The van der Waals surface area contributed by atoms with Crippen LogP contribution in [0, 0.1) is 0 Å². The van der Waals surface area contributed by atoms with Crippen molar-refractivity contribution in [2.45, 2.75) is 32.3 Å². The van der Waals surface area contributed by atoms with Gasteiger partial charge < -0.3 is 4.74 Å². The van der Waals surface area contributed by atoms with Crippen molar-refractivity contribution >= 4 is 0 Å². The SMILES string of the molecule is CC(C)Oc1ccc(C(F)(F)F)cc1C(F)(F)F. The molecule has 18 heavy (non-hydrogen) atoms. The quantitative estimate of drug-likeness (QED) is 0.720. The third-order valence-corrected chi connectivity index (χ3v) is 1.97. The molecule has 0 spiro atoms. The molecule has 1 aromatic rings. The third kappa shape index (κ3) is 3.54. The minimum Gasteiger partial charge on any atom is -0.490 e. The van der Waals surface area contributed by atoms with E-state index < -0.39 is 35.3 Å². The van der Waals surface area contributed by atoms with Gasteiger partial charge in [-0.05, 0) is 32.0 Å². The minimum atomic E-state index is -4.90. The van der Waals surface area contributed by atoms with Crippen molar-refractivity contribution in [1.29, 1.82) is 0 Å². The molecule has 0 saturated carbocycles. The molecule has 0 aliphatic carbocycles. The van der Waals surface area contributed by atoms with Crippen LogP contribution in [-0.2, 0) is 12.4 Å². The first kappa shape index (κ1) is 14.7. The van der Waals surface area contributed by atoms with Crippen molar-refractivity contribution in [3.8, 4) is 5.75 Å². The third-order valence-electron chi connectivity index (χ3n) is 1.97. The molecule has 0 aliphatic heterocycles. The van der Waals surface area contributed by atoms with Gasteiger partial charge in [0, 0.05) is 0 Å². The van der Waals surface area contributed by atoms with Crippen LogP contribution in [0.25, 0.3) is 0 Å². The molecule has 1 rings (SSSR count). The maximum absolute atomic E-state index is 12.6. The highest BCUT2D eigenvalue weighted by Crippen LogP contribution is 2.40. The van der Waals surface area contributed by atoms with Gasteiger partial charge in [0.15, 0.2) is 0 Å². The first-order chi connectivity index (χ1) is 8.01. The summed E-state index contributed by atoms with van der Waals surface area (Å²) in [6.07, 6.45) is -10.3. The molecule has 0 unspecified atom stereocenters. The van der Waals surface area contributed by atoms with Gasteiger partial charge in [0.05, 0.1) is 17.2 Å². The maximum Gasteiger partial charge on any atom is 0.419 e. The van der Waals surface area contributed by atoms with Crippen molar-refractivity contribution in [1.82, 2.24) is 0 Å². The predicted octanol–water partition coefficient (Wildman–Crippen LogP) is 4.51. The van der Waals surface area contributed by atoms with Crippen LogP contribution in [0.5, 0.6) is 5.75 Å². The molecule has 0 bridgehead atoms. The topological polar surface area (TPSA) is 9.23 Å². The summed E-state index contributed by atoms with van der Waals surface area (Å²) in [5.41, 5.74) is -2.78.